The Labute approximate surface area is 113 Å². The van der Waals surface area contributed by atoms with Gasteiger partial charge < -0.3 is 4.74 Å². The van der Waals surface area contributed by atoms with Crippen LogP contribution in [0, 0.1) is 0 Å². The molecule has 1 N–H and O–H groups in total. The molecule has 0 fully saturated rings. The molecule has 0 aromatic heterocycles. The predicted molar refractivity (Wildman–Crippen MR) is 67.3 cm³/mol. The van der Waals surface area contributed by atoms with Gasteiger partial charge >= 0.3 is 6.61 Å². The van der Waals surface area contributed by atoms with Gasteiger partial charge in [-0.15, -0.1) is 0 Å². The highest BCUT2D eigenvalue weighted by atomic mass is 79.9. The predicted octanol–water partition coefficient (Wildman–Crippen LogP) is 2.62. The first-order valence-corrected chi connectivity index (χ1v) is 7.73. The quantitative estimate of drug-likeness (QED) is 0.808. The Kier molecular flexibility index (Phi) is 5.48. The van der Waals surface area contributed by atoms with Crippen molar-refractivity contribution in [2.45, 2.75) is 19.6 Å². The second kappa shape index (κ2) is 6.44. The zero-order chi connectivity index (χ0) is 13.8. The molecule has 1 atom stereocenters. The topological polar surface area (TPSA) is 55.4 Å². The number of sulfonamides is 1. The maximum atomic E-state index is 12.2. The first-order valence-electron chi connectivity index (χ1n) is 4.95. The van der Waals surface area contributed by atoms with Crippen LogP contribution in [-0.4, -0.2) is 19.7 Å². The van der Waals surface area contributed by atoms with Gasteiger partial charge in [-0.05, 0) is 13.0 Å². The summed E-state index contributed by atoms with van der Waals surface area (Å²) in [6.45, 7) is -1.40. The summed E-state index contributed by atoms with van der Waals surface area (Å²) in [5, 5.41) is 0. The average Bonchev–Trinajstić information content (AvgIpc) is 2.28. The molecule has 0 spiro atoms. The highest BCUT2D eigenvalue weighted by molar-refractivity contribution is 9.10. The van der Waals surface area contributed by atoms with Crippen LogP contribution in [0.4, 0.5) is 8.78 Å². The molecule has 0 bridgehead atoms. The molecular formula is C10H12BrF2NO3S. The number of nitrogens with one attached hydrogen (secondary N) is 1. The van der Waals surface area contributed by atoms with E-state index >= 15 is 0 Å². The zero-order valence-electron chi connectivity index (χ0n) is 9.44. The Morgan fingerprint density at radius 2 is 2.00 bits per heavy atom. The summed E-state index contributed by atoms with van der Waals surface area (Å²) in [6.07, 6.45) is 0. The van der Waals surface area contributed by atoms with Crippen molar-refractivity contribution < 1.29 is 21.9 Å². The highest BCUT2D eigenvalue weighted by Gasteiger charge is 2.18. The molecule has 1 unspecified atom stereocenters. The number of alkyl halides is 3. The van der Waals surface area contributed by atoms with Crippen molar-refractivity contribution in [2.24, 2.45) is 0 Å². The van der Waals surface area contributed by atoms with Gasteiger partial charge in [0.1, 0.15) is 10.4 Å². The van der Waals surface area contributed by atoms with Crippen LogP contribution in [0.2, 0.25) is 0 Å². The third-order valence-corrected chi connectivity index (χ3v) is 4.91. The van der Waals surface area contributed by atoms with E-state index in [1.165, 1.54) is 18.2 Å². The summed E-state index contributed by atoms with van der Waals surface area (Å²) >= 11 is 2.83. The number of ether oxygens (including phenoxy) is 1. The van der Waals surface area contributed by atoms with Crippen LogP contribution < -0.4 is 9.46 Å². The monoisotopic (exact) mass is 343 g/mol. The van der Waals surface area contributed by atoms with Gasteiger partial charge in [0.25, 0.3) is 0 Å². The fraction of sp³-hybridized carbons (Fsp3) is 0.400. The van der Waals surface area contributed by atoms with Crippen molar-refractivity contribution in [3.8, 4) is 5.75 Å². The van der Waals surface area contributed by atoms with Crippen LogP contribution in [0.25, 0.3) is 0 Å². The molecule has 1 aromatic rings. The lowest BCUT2D eigenvalue weighted by molar-refractivity contribution is -0.0506. The molecule has 18 heavy (non-hydrogen) atoms. The van der Waals surface area contributed by atoms with Crippen molar-refractivity contribution in [2.75, 3.05) is 4.66 Å². The van der Waals surface area contributed by atoms with Crippen molar-refractivity contribution in [3.63, 3.8) is 0 Å². The standard InChI is InChI=1S/C10H12BrF2NO3S/c1-7(14-18(15,16)6-11)8-4-2-3-5-9(8)17-10(12)13/h2-5,7,10,14H,6H2,1H3. The average molecular weight is 344 g/mol. The highest BCUT2D eigenvalue weighted by Crippen LogP contribution is 2.26. The van der Waals surface area contributed by atoms with E-state index in [9.17, 15) is 17.2 Å². The van der Waals surface area contributed by atoms with Gasteiger partial charge in [-0.25, -0.2) is 13.1 Å². The molecule has 0 amide bonds. The van der Waals surface area contributed by atoms with E-state index in [0.717, 1.165) is 0 Å². The Bertz CT molecular complexity index is 496. The Morgan fingerprint density at radius 3 is 2.56 bits per heavy atom. The third kappa shape index (κ3) is 4.51. The normalized spacial score (nSPS) is 13.6. The van der Waals surface area contributed by atoms with Gasteiger partial charge in [-0.2, -0.15) is 8.78 Å². The molecule has 0 aliphatic carbocycles. The first kappa shape index (κ1) is 15.3. The van der Waals surface area contributed by atoms with Crippen LogP contribution in [0.1, 0.15) is 18.5 Å². The summed E-state index contributed by atoms with van der Waals surface area (Å²) in [5.41, 5.74) is 0.349. The molecule has 102 valence electrons. The molecule has 4 nitrogen and oxygen atoms in total. The zero-order valence-corrected chi connectivity index (χ0v) is 11.8. The van der Waals surface area contributed by atoms with Gasteiger partial charge in [-0.3, -0.25) is 0 Å². The smallest absolute Gasteiger partial charge is 0.387 e. The minimum absolute atomic E-state index is 0.0442. The molecule has 0 radical (unpaired) electrons. The fourth-order valence-corrected chi connectivity index (χ4v) is 2.53. The molecule has 1 aromatic carbocycles. The maximum absolute atomic E-state index is 12.2. The minimum Gasteiger partial charge on any atom is -0.434 e. The summed E-state index contributed by atoms with van der Waals surface area (Å²) in [6, 6.07) is 5.38. The van der Waals surface area contributed by atoms with Gasteiger partial charge in [0, 0.05) is 11.6 Å². The number of rotatable bonds is 6. The van der Waals surface area contributed by atoms with Crippen LogP contribution >= 0.6 is 15.9 Å². The summed E-state index contributed by atoms with van der Waals surface area (Å²) in [5.74, 6) is -0.0442. The second-order valence-electron chi connectivity index (χ2n) is 3.48. The van der Waals surface area contributed by atoms with Gasteiger partial charge in [-0.1, -0.05) is 34.1 Å². The van der Waals surface area contributed by atoms with Crippen LogP contribution in [-0.2, 0) is 10.0 Å². The number of halogens is 3. The Balaban J connectivity index is 2.95. The fourth-order valence-electron chi connectivity index (χ4n) is 1.41. The summed E-state index contributed by atoms with van der Waals surface area (Å²) < 4.78 is 53.5. The van der Waals surface area contributed by atoms with Crippen molar-refractivity contribution >= 4 is 26.0 Å². The lowest BCUT2D eigenvalue weighted by Crippen LogP contribution is -2.27. The van der Waals surface area contributed by atoms with E-state index in [-0.39, 0.29) is 10.4 Å². The van der Waals surface area contributed by atoms with E-state index in [1.807, 2.05) is 0 Å². The van der Waals surface area contributed by atoms with E-state index < -0.39 is 22.7 Å². The van der Waals surface area contributed by atoms with Crippen LogP contribution in [0.5, 0.6) is 5.75 Å². The number of para-hydroxylation sites is 1. The van der Waals surface area contributed by atoms with Crippen molar-refractivity contribution in [1.82, 2.24) is 4.72 Å². The molecule has 0 heterocycles. The molecule has 8 heteroatoms. The second-order valence-corrected chi connectivity index (χ2v) is 6.54. The van der Waals surface area contributed by atoms with Crippen molar-refractivity contribution in [1.29, 1.82) is 0 Å². The lowest BCUT2D eigenvalue weighted by Gasteiger charge is -2.17. The molecule has 0 aliphatic rings. The first-order chi connectivity index (χ1) is 8.35. The van der Waals surface area contributed by atoms with Crippen molar-refractivity contribution in [3.05, 3.63) is 29.8 Å². The van der Waals surface area contributed by atoms with E-state index in [2.05, 4.69) is 25.4 Å². The van der Waals surface area contributed by atoms with Gasteiger partial charge in [0.2, 0.25) is 10.0 Å². The lowest BCUT2D eigenvalue weighted by atomic mass is 10.1. The van der Waals surface area contributed by atoms with E-state index in [4.69, 9.17) is 0 Å². The van der Waals surface area contributed by atoms with Crippen LogP contribution in [0.3, 0.4) is 0 Å². The van der Waals surface area contributed by atoms with Crippen LogP contribution in [0.15, 0.2) is 24.3 Å². The Hall–Kier alpha value is -0.730. The largest absolute Gasteiger partial charge is 0.434 e. The van der Waals surface area contributed by atoms with E-state index in [1.54, 1.807) is 13.0 Å². The third-order valence-electron chi connectivity index (χ3n) is 2.10. The number of benzene rings is 1. The molecule has 0 saturated heterocycles. The van der Waals surface area contributed by atoms with Gasteiger partial charge in [0.15, 0.2) is 0 Å². The summed E-state index contributed by atoms with van der Waals surface area (Å²) in [4.78, 5) is 0. The number of hydrogen-bond donors (Lipinski definition) is 1. The molecular weight excluding hydrogens is 332 g/mol. The maximum Gasteiger partial charge on any atom is 0.387 e. The molecule has 0 saturated carbocycles. The SMILES string of the molecule is CC(NS(=O)(=O)CBr)c1ccccc1OC(F)F. The number of hydrogen-bond acceptors (Lipinski definition) is 3. The molecule has 0 aliphatic heterocycles. The summed E-state index contributed by atoms with van der Waals surface area (Å²) in [7, 11) is -3.49. The van der Waals surface area contributed by atoms with Gasteiger partial charge in [0.05, 0.1) is 0 Å². The van der Waals surface area contributed by atoms with E-state index in [0.29, 0.717) is 5.56 Å². The Morgan fingerprint density at radius 1 is 1.39 bits per heavy atom. The minimum atomic E-state index is -3.49. The molecule has 1 rings (SSSR count).